The van der Waals surface area contributed by atoms with Crippen molar-refractivity contribution in [2.45, 2.75) is 45.6 Å². The van der Waals surface area contributed by atoms with Crippen LogP contribution in [0.5, 0.6) is 0 Å². The van der Waals surface area contributed by atoms with E-state index in [0.29, 0.717) is 42.0 Å². The summed E-state index contributed by atoms with van der Waals surface area (Å²) in [5.41, 5.74) is 3.64. The molecule has 5 rings (SSSR count). The van der Waals surface area contributed by atoms with E-state index in [1.807, 2.05) is 18.2 Å². The fourth-order valence-electron chi connectivity index (χ4n) is 4.26. The van der Waals surface area contributed by atoms with Gasteiger partial charge in [0.05, 0.1) is 31.0 Å². The van der Waals surface area contributed by atoms with Crippen molar-refractivity contribution in [1.82, 2.24) is 19.9 Å². The minimum absolute atomic E-state index is 0.0500. The Bertz CT molecular complexity index is 1190. The van der Waals surface area contributed by atoms with Gasteiger partial charge in [0.25, 0.3) is 0 Å². The summed E-state index contributed by atoms with van der Waals surface area (Å²) in [7, 11) is 0. The maximum Gasteiger partial charge on any atom is 0.233 e. The van der Waals surface area contributed by atoms with Crippen LogP contribution in [0.15, 0.2) is 42.9 Å². The fraction of sp³-hybridized carbons (Fsp3) is 0.333. The second-order valence-electron chi connectivity index (χ2n) is 8.45. The van der Waals surface area contributed by atoms with Gasteiger partial charge in [-0.3, -0.25) is 14.5 Å². The lowest BCUT2D eigenvalue weighted by Gasteiger charge is -2.18. The summed E-state index contributed by atoms with van der Waals surface area (Å²) < 4.78 is 0. The summed E-state index contributed by atoms with van der Waals surface area (Å²) in [6.07, 6.45) is 6.72. The van der Waals surface area contributed by atoms with E-state index in [0.717, 1.165) is 17.5 Å². The predicted octanol–water partition coefficient (Wildman–Crippen LogP) is 3.27. The summed E-state index contributed by atoms with van der Waals surface area (Å²) in [6.45, 7) is 5.19. The molecular weight excluding hydrogens is 404 g/mol. The predicted molar refractivity (Wildman–Crippen MR) is 120 cm³/mol. The average Bonchev–Trinajstić information content (AvgIpc) is 3.36. The Labute approximate surface area is 186 Å². The molecule has 4 heterocycles. The highest BCUT2D eigenvalue weighted by Crippen LogP contribution is 2.32. The highest BCUT2D eigenvalue weighted by Gasteiger charge is 2.31. The first-order valence-corrected chi connectivity index (χ1v) is 10.9. The van der Waals surface area contributed by atoms with Crippen molar-refractivity contribution in [2.24, 2.45) is 0 Å². The Balaban J connectivity index is 1.42. The van der Waals surface area contributed by atoms with Gasteiger partial charge in [-0.05, 0) is 17.9 Å². The summed E-state index contributed by atoms with van der Waals surface area (Å²) in [6, 6.07) is 8.08. The van der Waals surface area contributed by atoms with E-state index in [9.17, 15) is 9.59 Å². The second-order valence-corrected chi connectivity index (χ2v) is 8.45. The van der Waals surface area contributed by atoms with Crippen LogP contribution in [0, 0.1) is 0 Å². The Morgan fingerprint density at radius 3 is 2.50 bits per heavy atom. The van der Waals surface area contributed by atoms with Crippen LogP contribution in [0.25, 0.3) is 11.4 Å². The molecule has 8 nitrogen and oxygen atoms in total. The van der Waals surface area contributed by atoms with Gasteiger partial charge in [0.2, 0.25) is 11.8 Å². The molecule has 2 amide bonds. The van der Waals surface area contributed by atoms with Gasteiger partial charge in [0.1, 0.15) is 11.6 Å². The van der Waals surface area contributed by atoms with Crippen molar-refractivity contribution in [1.29, 1.82) is 0 Å². The van der Waals surface area contributed by atoms with E-state index < -0.39 is 0 Å². The molecule has 0 spiro atoms. The lowest BCUT2D eigenvalue weighted by molar-refractivity contribution is -0.118. The van der Waals surface area contributed by atoms with Crippen LogP contribution in [0.3, 0.4) is 0 Å². The Morgan fingerprint density at radius 1 is 1.00 bits per heavy atom. The SMILES string of the molecule is CC(C)c1ccccc1-c1ncc2c(n1)N(Cc1ncc(N3CCCC3=O)cn1)C(=O)C2. The molecule has 0 unspecified atom stereocenters. The topological polar surface area (TPSA) is 92.2 Å². The van der Waals surface area contributed by atoms with Crippen molar-refractivity contribution in [3.8, 4) is 11.4 Å². The van der Waals surface area contributed by atoms with Crippen molar-refractivity contribution < 1.29 is 9.59 Å². The molecule has 32 heavy (non-hydrogen) atoms. The molecule has 0 saturated carbocycles. The molecule has 0 aliphatic carbocycles. The highest BCUT2D eigenvalue weighted by molar-refractivity contribution is 6.00. The van der Waals surface area contributed by atoms with Crippen LogP contribution < -0.4 is 9.80 Å². The van der Waals surface area contributed by atoms with Crippen LogP contribution in [0.4, 0.5) is 11.5 Å². The molecule has 1 aromatic carbocycles. The molecule has 2 aromatic heterocycles. The number of aromatic nitrogens is 4. The van der Waals surface area contributed by atoms with E-state index in [4.69, 9.17) is 4.98 Å². The normalized spacial score (nSPS) is 15.7. The van der Waals surface area contributed by atoms with Gasteiger partial charge >= 0.3 is 0 Å². The molecule has 162 valence electrons. The van der Waals surface area contributed by atoms with Gasteiger partial charge in [-0.1, -0.05) is 38.1 Å². The van der Waals surface area contributed by atoms with Gasteiger partial charge in [0.15, 0.2) is 5.82 Å². The lowest BCUT2D eigenvalue weighted by Crippen LogP contribution is -2.28. The van der Waals surface area contributed by atoms with Gasteiger partial charge in [-0.2, -0.15) is 0 Å². The molecule has 0 bridgehead atoms. The highest BCUT2D eigenvalue weighted by atomic mass is 16.2. The smallest absolute Gasteiger partial charge is 0.233 e. The molecule has 3 aromatic rings. The number of fused-ring (bicyclic) bond motifs is 1. The van der Waals surface area contributed by atoms with Gasteiger partial charge < -0.3 is 4.90 Å². The van der Waals surface area contributed by atoms with Crippen molar-refractivity contribution in [3.63, 3.8) is 0 Å². The number of hydrogen-bond donors (Lipinski definition) is 0. The zero-order valence-corrected chi connectivity index (χ0v) is 18.2. The molecule has 2 aliphatic rings. The standard InChI is InChI=1S/C24H24N6O2/c1-15(2)18-6-3-4-7-19(18)23-27-11-16-10-22(32)30(24(16)28-23)14-20-25-12-17(13-26-20)29-9-5-8-21(29)31/h3-4,6-7,11-13,15H,5,8-10,14H2,1-2H3. The number of benzene rings is 1. The minimum Gasteiger partial charge on any atom is -0.310 e. The molecule has 2 aliphatic heterocycles. The van der Waals surface area contributed by atoms with Crippen LogP contribution >= 0.6 is 0 Å². The van der Waals surface area contributed by atoms with Crippen LogP contribution in [-0.2, 0) is 22.6 Å². The first-order valence-electron chi connectivity index (χ1n) is 10.9. The molecule has 1 fully saturated rings. The maximum absolute atomic E-state index is 12.7. The monoisotopic (exact) mass is 428 g/mol. The lowest BCUT2D eigenvalue weighted by atomic mass is 9.97. The Morgan fingerprint density at radius 2 is 1.78 bits per heavy atom. The third-order valence-electron chi connectivity index (χ3n) is 5.94. The maximum atomic E-state index is 12.7. The summed E-state index contributed by atoms with van der Waals surface area (Å²) >= 11 is 0. The Hall–Kier alpha value is -3.68. The van der Waals surface area contributed by atoms with E-state index in [2.05, 4.69) is 34.9 Å². The molecule has 0 radical (unpaired) electrons. The fourth-order valence-corrected chi connectivity index (χ4v) is 4.26. The quantitative estimate of drug-likeness (QED) is 0.619. The number of rotatable bonds is 5. The zero-order chi connectivity index (χ0) is 22.2. The van der Waals surface area contributed by atoms with Crippen molar-refractivity contribution in [2.75, 3.05) is 16.3 Å². The number of carbonyl (C=O) groups excluding carboxylic acids is 2. The summed E-state index contributed by atoms with van der Waals surface area (Å²) in [4.78, 5) is 46.1. The molecule has 0 atom stereocenters. The molecule has 8 heteroatoms. The van der Waals surface area contributed by atoms with Crippen LogP contribution in [-0.4, -0.2) is 38.3 Å². The van der Waals surface area contributed by atoms with Crippen LogP contribution in [0.1, 0.15) is 49.6 Å². The number of nitrogens with zero attached hydrogens (tertiary/aromatic N) is 6. The van der Waals surface area contributed by atoms with Crippen LogP contribution in [0.2, 0.25) is 0 Å². The average molecular weight is 428 g/mol. The number of amides is 2. The second kappa shape index (κ2) is 8.11. The molecular formula is C24H24N6O2. The molecule has 1 saturated heterocycles. The first-order chi connectivity index (χ1) is 15.5. The minimum atomic E-state index is -0.0500. The largest absolute Gasteiger partial charge is 0.310 e. The first kappa shape index (κ1) is 20.2. The number of hydrogen-bond acceptors (Lipinski definition) is 6. The summed E-state index contributed by atoms with van der Waals surface area (Å²) in [5, 5.41) is 0. The van der Waals surface area contributed by atoms with E-state index >= 15 is 0 Å². The van der Waals surface area contributed by atoms with Gasteiger partial charge in [-0.25, -0.2) is 19.9 Å². The van der Waals surface area contributed by atoms with E-state index in [-0.39, 0.29) is 24.8 Å². The zero-order valence-electron chi connectivity index (χ0n) is 18.2. The van der Waals surface area contributed by atoms with Gasteiger partial charge in [-0.15, -0.1) is 0 Å². The number of anilines is 2. The molecule has 0 N–H and O–H groups in total. The number of carbonyl (C=O) groups is 2. The Kier molecular flexibility index (Phi) is 5.13. The van der Waals surface area contributed by atoms with Crippen molar-refractivity contribution >= 4 is 23.3 Å². The van der Waals surface area contributed by atoms with Crippen molar-refractivity contribution in [3.05, 3.63) is 59.8 Å². The van der Waals surface area contributed by atoms with E-state index in [1.54, 1.807) is 28.4 Å². The van der Waals surface area contributed by atoms with E-state index in [1.165, 1.54) is 5.56 Å². The third-order valence-corrected chi connectivity index (χ3v) is 5.94. The van der Waals surface area contributed by atoms with Gasteiger partial charge in [0, 0.05) is 30.3 Å². The summed E-state index contributed by atoms with van der Waals surface area (Å²) in [5.74, 6) is 2.10. The third kappa shape index (κ3) is 3.62.